The summed E-state index contributed by atoms with van der Waals surface area (Å²) in [6.07, 6.45) is 3.86. The van der Waals surface area contributed by atoms with Crippen molar-refractivity contribution in [3.8, 4) is 0 Å². The molecule has 2 fully saturated rings. The second-order valence-electron chi connectivity index (χ2n) is 6.41. The summed E-state index contributed by atoms with van der Waals surface area (Å²) >= 11 is 0. The van der Waals surface area contributed by atoms with Crippen molar-refractivity contribution in [1.29, 1.82) is 0 Å². The Morgan fingerprint density at radius 1 is 1.14 bits per heavy atom. The van der Waals surface area contributed by atoms with Gasteiger partial charge in [0, 0.05) is 12.1 Å². The highest BCUT2D eigenvalue weighted by Gasteiger charge is 2.54. The molecule has 1 saturated heterocycles. The Bertz CT molecular complexity index is 465. The molecule has 1 aliphatic heterocycles. The average Bonchev–Trinajstić information content (AvgIpc) is 2.37. The molecule has 0 bridgehead atoms. The number of carbonyl (C=O) groups excluding carboxylic acids is 3. The van der Waals surface area contributed by atoms with E-state index < -0.39 is 17.4 Å². The van der Waals surface area contributed by atoms with E-state index in [2.05, 4.69) is 10.2 Å². The van der Waals surface area contributed by atoms with E-state index >= 15 is 0 Å². The largest absolute Gasteiger partial charge is 0.330 e. The summed E-state index contributed by atoms with van der Waals surface area (Å²) in [5, 5.41) is 2.37. The number of barbiturate groups is 1. The number of imide groups is 2. The van der Waals surface area contributed by atoms with Gasteiger partial charge in [0.15, 0.2) is 0 Å². The number of nitrogens with zero attached hydrogens (tertiary/aromatic N) is 2. The van der Waals surface area contributed by atoms with Crippen molar-refractivity contribution >= 4 is 17.8 Å². The van der Waals surface area contributed by atoms with Crippen molar-refractivity contribution in [3.63, 3.8) is 0 Å². The third-order valence-electron chi connectivity index (χ3n) is 5.45. The monoisotopic (exact) mass is 295 g/mol. The number of nitrogens with one attached hydrogen (secondary N) is 1. The molecule has 0 radical (unpaired) electrons. The Balaban J connectivity index is 2.28. The number of hydrogen-bond donors (Lipinski definition) is 1. The van der Waals surface area contributed by atoms with Crippen LogP contribution in [0.15, 0.2) is 0 Å². The van der Waals surface area contributed by atoms with Gasteiger partial charge in [-0.15, -0.1) is 0 Å². The third kappa shape index (κ3) is 2.25. The molecule has 0 spiro atoms. The first-order valence-electron chi connectivity index (χ1n) is 7.68. The molecule has 6 heteroatoms. The van der Waals surface area contributed by atoms with Gasteiger partial charge in [0.2, 0.25) is 11.8 Å². The maximum Gasteiger partial charge on any atom is 0.330 e. The topological polar surface area (TPSA) is 69.7 Å². The number of amides is 4. The third-order valence-corrected chi connectivity index (χ3v) is 5.45. The lowest BCUT2D eigenvalue weighted by Gasteiger charge is -2.51. The summed E-state index contributed by atoms with van der Waals surface area (Å²) < 4.78 is 0. The predicted molar refractivity (Wildman–Crippen MR) is 78.5 cm³/mol. The highest BCUT2D eigenvalue weighted by molar-refractivity contribution is 6.19. The lowest BCUT2D eigenvalue weighted by Crippen LogP contribution is -2.68. The van der Waals surface area contributed by atoms with Crippen LogP contribution in [0.5, 0.6) is 0 Å². The molecule has 1 heterocycles. The second-order valence-corrected chi connectivity index (χ2v) is 6.41. The van der Waals surface area contributed by atoms with Crippen LogP contribution < -0.4 is 5.32 Å². The molecule has 118 valence electrons. The summed E-state index contributed by atoms with van der Waals surface area (Å²) in [5.74, 6) is -0.791. The van der Waals surface area contributed by atoms with E-state index in [0.717, 1.165) is 19.3 Å². The van der Waals surface area contributed by atoms with Gasteiger partial charge in [0.05, 0.1) is 0 Å². The maximum absolute atomic E-state index is 12.8. The van der Waals surface area contributed by atoms with Crippen LogP contribution in [0.2, 0.25) is 0 Å². The lowest BCUT2D eigenvalue weighted by atomic mass is 9.73. The van der Waals surface area contributed by atoms with Crippen LogP contribution >= 0.6 is 0 Å². The normalized spacial score (nSPS) is 24.0. The van der Waals surface area contributed by atoms with Gasteiger partial charge in [-0.2, -0.15) is 0 Å². The minimum Gasteiger partial charge on any atom is -0.302 e. The first-order chi connectivity index (χ1) is 9.83. The van der Waals surface area contributed by atoms with E-state index in [4.69, 9.17) is 0 Å². The Labute approximate surface area is 125 Å². The van der Waals surface area contributed by atoms with Gasteiger partial charge in [-0.05, 0) is 46.2 Å². The predicted octanol–water partition coefficient (Wildman–Crippen LogP) is 1.36. The maximum atomic E-state index is 12.8. The average molecular weight is 295 g/mol. The van der Waals surface area contributed by atoms with Gasteiger partial charge in [-0.3, -0.25) is 19.8 Å². The molecule has 2 rings (SSSR count). The smallest absolute Gasteiger partial charge is 0.302 e. The van der Waals surface area contributed by atoms with Crippen molar-refractivity contribution in [1.82, 2.24) is 15.1 Å². The SMILES string of the molecule is CCC1(CC)C(=O)NC(=O)N(CC2(N(C)C)CCC2)C1=O. The van der Waals surface area contributed by atoms with Crippen molar-refractivity contribution in [2.45, 2.75) is 51.5 Å². The molecule has 0 aromatic carbocycles. The van der Waals surface area contributed by atoms with Crippen LogP contribution in [0.4, 0.5) is 4.79 Å². The van der Waals surface area contributed by atoms with Crippen LogP contribution in [-0.2, 0) is 9.59 Å². The van der Waals surface area contributed by atoms with Gasteiger partial charge >= 0.3 is 6.03 Å². The molecular weight excluding hydrogens is 270 g/mol. The molecule has 0 aromatic heterocycles. The minimum atomic E-state index is -1.09. The van der Waals surface area contributed by atoms with Crippen LogP contribution in [0.25, 0.3) is 0 Å². The molecule has 1 N–H and O–H groups in total. The molecule has 6 nitrogen and oxygen atoms in total. The van der Waals surface area contributed by atoms with Crippen LogP contribution in [0, 0.1) is 5.41 Å². The first kappa shape index (κ1) is 15.9. The van der Waals surface area contributed by atoms with E-state index in [1.807, 2.05) is 27.9 Å². The molecule has 0 atom stereocenters. The first-order valence-corrected chi connectivity index (χ1v) is 7.68. The molecule has 0 unspecified atom stereocenters. The van der Waals surface area contributed by atoms with Gasteiger partial charge in [0.1, 0.15) is 5.41 Å². The van der Waals surface area contributed by atoms with Crippen LogP contribution in [0.3, 0.4) is 0 Å². The molecule has 1 aliphatic carbocycles. The minimum absolute atomic E-state index is 0.138. The summed E-state index contributed by atoms with van der Waals surface area (Å²) in [7, 11) is 3.95. The zero-order chi connectivity index (χ0) is 15.8. The van der Waals surface area contributed by atoms with Gasteiger partial charge in [-0.25, -0.2) is 4.79 Å². The second kappa shape index (κ2) is 5.40. The van der Waals surface area contributed by atoms with Gasteiger partial charge < -0.3 is 4.90 Å². The molecule has 1 saturated carbocycles. The van der Waals surface area contributed by atoms with Crippen molar-refractivity contribution in [2.75, 3.05) is 20.6 Å². The number of likely N-dealkylation sites (N-methyl/N-ethyl adjacent to an activating group) is 1. The summed E-state index contributed by atoms with van der Waals surface area (Å²) in [6, 6.07) is -0.573. The summed E-state index contributed by atoms with van der Waals surface area (Å²) in [6.45, 7) is 4.00. The number of carbonyl (C=O) groups is 3. The summed E-state index contributed by atoms with van der Waals surface area (Å²) in [4.78, 5) is 40.4. The van der Waals surface area contributed by atoms with E-state index in [9.17, 15) is 14.4 Å². The number of urea groups is 1. The lowest BCUT2D eigenvalue weighted by molar-refractivity contribution is -0.154. The fourth-order valence-electron chi connectivity index (χ4n) is 3.38. The molecule has 0 aromatic rings. The summed E-state index contributed by atoms with van der Waals surface area (Å²) in [5.41, 5.74) is -1.23. The Kier molecular flexibility index (Phi) is 4.10. The zero-order valence-electron chi connectivity index (χ0n) is 13.4. The molecule has 4 amide bonds. The van der Waals surface area contributed by atoms with Gasteiger partial charge in [-0.1, -0.05) is 13.8 Å². The highest BCUT2D eigenvalue weighted by atomic mass is 16.2. The molecule has 2 aliphatic rings. The van der Waals surface area contributed by atoms with Crippen molar-refractivity contribution in [3.05, 3.63) is 0 Å². The zero-order valence-corrected chi connectivity index (χ0v) is 13.4. The van der Waals surface area contributed by atoms with Crippen LogP contribution in [0.1, 0.15) is 46.0 Å². The number of rotatable bonds is 5. The van der Waals surface area contributed by atoms with E-state index in [1.165, 1.54) is 4.90 Å². The number of hydrogen-bond acceptors (Lipinski definition) is 4. The Morgan fingerprint density at radius 3 is 2.10 bits per heavy atom. The van der Waals surface area contributed by atoms with Crippen molar-refractivity contribution in [2.24, 2.45) is 5.41 Å². The highest BCUT2D eigenvalue weighted by Crippen LogP contribution is 2.39. The quantitative estimate of drug-likeness (QED) is 0.777. The van der Waals surface area contributed by atoms with Gasteiger partial charge in [0.25, 0.3) is 0 Å². The van der Waals surface area contributed by atoms with Crippen molar-refractivity contribution < 1.29 is 14.4 Å². The fraction of sp³-hybridized carbons (Fsp3) is 0.800. The van der Waals surface area contributed by atoms with Crippen LogP contribution in [-0.4, -0.2) is 53.8 Å². The fourth-order valence-corrected chi connectivity index (χ4v) is 3.38. The Morgan fingerprint density at radius 2 is 1.71 bits per heavy atom. The van der Waals surface area contributed by atoms with E-state index in [1.54, 1.807) is 0 Å². The molecule has 21 heavy (non-hydrogen) atoms. The standard InChI is InChI=1S/C15H25N3O3/c1-5-15(6-2)11(19)16-13(21)18(12(15)20)10-14(17(3)4)8-7-9-14/h5-10H2,1-4H3,(H,16,19,21). The Hall–Kier alpha value is -1.43. The van der Waals surface area contributed by atoms with E-state index in [0.29, 0.717) is 19.4 Å². The van der Waals surface area contributed by atoms with E-state index in [-0.39, 0.29) is 11.4 Å². The molecular formula is C15H25N3O3.